The van der Waals surface area contributed by atoms with Gasteiger partial charge in [0.25, 0.3) is 0 Å². The Morgan fingerprint density at radius 2 is 2.17 bits per heavy atom. The highest BCUT2D eigenvalue weighted by Crippen LogP contribution is 2.36. The average molecular weight is 243 g/mol. The summed E-state index contributed by atoms with van der Waals surface area (Å²) in [6, 6.07) is 7.45. The van der Waals surface area contributed by atoms with E-state index in [4.69, 9.17) is 0 Å². The molecule has 1 aromatic heterocycles. The highest BCUT2D eigenvalue weighted by molar-refractivity contribution is 5.72. The van der Waals surface area contributed by atoms with E-state index < -0.39 is 0 Å². The number of aromatic hydroxyl groups is 1. The zero-order chi connectivity index (χ0) is 12.5. The number of rotatable bonds is 2. The lowest BCUT2D eigenvalue weighted by atomic mass is 9.96. The van der Waals surface area contributed by atoms with Gasteiger partial charge in [0.05, 0.1) is 11.9 Å². The van der Waals surface area contributed by atoms with E-state index in [9.17, 15) is 5.11 Å². The van der Waals surface area contributed by atoms with Gasteiger partial charge in [-0.3, -0.25) is 4.68 Å². The summed E-state index contributed by atoms with van der Waals surface area (Å²) in [5.41, 5.74) is 3.12. The molecule has 1 fully saturated rings. The molecule has 94 valence electrons. The Morgan fingerprint density at radius 3 is 2.89 bits per heavy atom. The maximum absolute atomic E-state index is 9.99. The average Bonchev–Trinajstić information content (AvgIpc) is 2.98. The summed E-state index contributed by atoms with van der Waals surface area (Å²) in [6.07, 6.45) is 2.98. The van der Waals surface area contributed by atoms with Crippen molar-refractivity contribution in [3.8, 4) is 16.9 Å². The SMILES string of the molecule is Cn1ncc(-c2ccccc2O)c1C1CCNC1. The Bertz CT molecular complexity index is 556. The maximum atomic E-state index is 9.99. The molecule has 0 amide bonds. The topological polar surface area (TPSA) is 50.1 Å². The highest BCUT2D eigenvalue weighted by Gasteiger charge is 2.24. The minimum Gasteiger partial charge on any atom is -0.507 e. The fraction of sp³-hybridized carbons (Fsp3) is 0.357. The third kappa shape index (κ3) is 1.78. The number of nitrogens with one attached hydrogen (secondary N) is 1. The van der Waals surface area contributed by atoms with Crippen LogP contribution in [0.5, 0.6) is 5.75 Å². The van der Waals surface area contributed by atoms with Crippen LogP contribution in [0.1, 0.15) is 18.0 Å². The van der Waals surface area contributed by atoms with Crippen LogP contribution in [0.2, 0.25) is 0 Å². The minimum atomic E-state index is 0.317. The molecule has 4 heteroatoms. The number of hydrogen-bond acceptors (Lipinski definition) is 3. The van der Waals surface area contributed by atoms with Crippen molar-refractivity contribution in [2.24, 2.45) is 7.05 Å². The Balaban J connectivity index is 2.10. The molecule has 0 saturated carbocycles. The van der Waals surface area contributed by atoms with Crippen LogP contribution in [0, 0.1) is 0 Å². The van der Waals surface area contributed by atoms with Crippen LogP contribution in [0.3, 0.4) is 0 Å². The standard InChI is InChI=1S/C14H17N3O/c1-17-14(10-6-7-15-8-10)12(9-16-17)11-4-2-3-5-13(11)18/h2-5,9-10,15,18H,6-8H2,1H3. The molecule has 1 unspecified atom stereocenters. The highest BCUT2D eigenvalue weighted by atomic mass is 16.3. The molecular formula is C14H17N3O. The summed E-state index contributed by atoms with van der Waals surface area (Å²) in [5.74, 6) is 0.796. The molecule has 1 atom stereocenters. The van der Waals surface area contributed by atoms with Crippen molar-refractivity contribution < 1.29 is 5.11 Å². The normalized spacial score (nSPS) is 19.3. The van der Waals surface area contributed by atoms with E-state index >= 15 is 0 Å². The largest absolute Gasteiger partial charge is 0.507 e. The number of hydrogen-bond donors (Lipinski definition) is 2. The second kappa shape index (κ2) is 4.46. The van der Waals surface area contributed by atoms with Crippen LogP contribution < -0.4 is 5.32 Å². The van der Waals surface area contributed by atoms with Crippen LogP contribution in [0.25, 0.3) is 11.1 Å². The van der Waals surface area contributed by atoms with Crippen molar-refractivity contribution in [3.63, 3.8) is 0 Å². The molecule has 0 radical (unpaired) electrons. The van der Waals surface area contributed by atoms with Gasteiger partial charge in [0.2, 0.25) is 0 Å². The monoisotopic (exact) mass is 243 g/mol. The van der Waals surface area contributed by atoms with E-state index in [0.717, 1.165) is 30.6 Å². The van der Waals surface area contributed by atoms with Gasteiger partial charge >= 0.3 is 0 Å². The second-order valence-electron chi connectivity index (χ2n) is 4.77. The van der Waals surface area contributed by atoms with Crippen LogP contribution >= 0.6 is 0 Å². The number of aryl methyl sites for hydroxylation is 1. The molecule has 0 bridgehead atoms. The fourth-order valence-electron chi connectivity index (χ4n) is 2.73. The van der Waals surface area contributed by atoms with E-state index in [1.165, 1.54) is 5.69 Å². The lowest BCUT2D eigenvalue weighted by molar-refractivity contribution is 0.477. The molecule has 1 aromatic carbocycles. The van der Waals surface area contributed by atoms with Crippen LogP contribution in [-0.2, 0) is 7.05 Å². The number of benzene rings is 1. The summed E-state index contributed by atoms with van der Waals surface area (Å²) in [5, 5.41) is 17.7. The second-order valence-corrected chi connectivity index (χ2v) is 4.77. The maximum Gasteiger partial charge on any atom is 0.123 e. The van der Waals surface area contributed by atoms with Gasteiger partial charge in [0, 0.05) is 30.6 Å². The van der Waals surface area contributed by atoms with Crippen molar-refractivity contribution in [1.29, 1.82) is 0 Å². The molecule has 3 rings (SSSR count). The van der Waals surface area contributed by atoms with Gasteiger partial charge in [-0.1, -0.05) is 18.2 Å². The van der Waals surface area contributed by atoms with Gasteiger partial charge in [0.1, 0.15) is 5.75 Å². The Morgan fingerprint density at radius 1 is 1.33 bits per heavy atom. The minimum absolute atomic E-state index is 0.317. The molecule has 0 spiro atoms. The summed E-state index contributed by atoms with van der Waals surface area (Å²) in [4.78, 5) is 0. The summed E-state index contributed by atoms with van der Waals surface area (Å²) in [7, 11) is 1.97. The van der Waals surface area contributed by atoms with Gasteiger partial charge < -0.3 is 10.4 Å². The molecule has 1 aliphatic heterocycles. The first-order chi connectivity index (χ1) is 8.77. The zero-order valence-electron chi connectivity index (χ0n) is 10.4. The Labute approximate surface area is 106 Å². The summed E-state index contributed by atoms with van der Waals surface area (Å²) < 4.78 is 1.93. The van der Waals surface area contributed by atoms with Gasteiger partial charge in [-0.25, -0.2) is 0 Å². The van der Waals surface area contributed by atoms with E-state index in [1.807, 2.05) is 36.1 Å². The fourth-order valence-corrected chi connectivity index (χ4v) is 2.73. The zero-order valence-corrected chi connectivity index (χ0v) is 10.4. The number of aromatic nitrogens is 2. The van der Waals surface area contributed by atoms with Crippen molar-refractivity contribution in [2.45, 2.75) is 12.3 Å². The van der Waals surface area contributed by atoms with Gasteiger partial charge in [-0.05, 0) is 19.0 Å². The summed E-state index contributed by atoms with van der Waals surface area (Å²) >= 11 is 0. The van der Waals surface area contributed by atoms with Crippen molar-refractivity contribution in [3.05, 3.63) is 36.2 Å². The van der Waals surface area contributed by atoms with E-state index in [-0.39, 0.29) is 0 Å². The van der Waals surface area contributed by atoms with E-state index in [1.54, 1.807) is 6.07 Å². The number of para-hydroxylation sites is 1. The predicted molar refractivity (Wildman–Crippen MR) is 70.5 cm³/mol. The first-order valence-electron chi connectivity index (χ1n) is 6.28. The van der Waals surface area contributed by atoms with Gasteiger partial charge in [-0.15, -0.1) is 0 Å². The van der Waals surface area contributed by atoms with E-state index in [0.29, 0.717) is 11.7 Å². The van der Waals surface area contributed by atoms with Crippen molar-refractivity contribution in [1.82, 2.24) is 15.1 Å². The molecule has 18 heavy (non-hydrogen) atoms. The molecule has 0 aliphatic carbocycles. The summed E-state index contributed by atoms with van der Waals surface area (Å²) in [6.45, 7) is 2.04. The van der Waals surface area contributed by atoms with Crippen molar-refractivity contribution in [2.75, 3.05) is 13.1 Å². The Kier molecular flexibility index (Phi) is 2.80. The molecule has 2 N–H and O–H groups in total. The quantitative estimate of drug-likeness (QED) is 0.846. The third-order valence-corrected chi connectivity index (χ3v) is 3.63. The number of phenolic OH excluding ortho intramolecular Hbond substituents is 1. The lowest BCUT2D eigenvalue weighted by Gasteiger charge is -2.13. The first kappa shape index (κ1) is 11.3. The van der Waals surface area contributed by atoms with Gasteiger partial charge in [-0.2, -0.15) is 5.10 Å². The number of phenols is 1. The molecule has 2 aromatic rings. The molecular weight excluding hydrogens is 226 g/mol. The van der Waals surface area contributed by atoms with E-state index in [2.05, 4.69) is 10.4 Å². The first-order valence-corrected chi connectivity index (χ1v) is 6.28. The molecule has 4 nitrogen and oxygen atoms in total. The lowest BCUT2D eigenvalue weighted by Crippen LogP contribution is -2.11. The Hall–Kier alpha value is -1.81. The smallest absolute Gasteiger partial charge is 0.123 e. The van der Waals surface area contributed by atoms with Crippen LogP contribution in [0.15, 0.2) is 30.5 Å². The third-order valence-electron chi connectivity index (χ3n) is 3.63. The molecule has 1 aliphatic rings. The van der Waals surface area contributed by atoms with Crippen LogP contribution in [0.4, 0.5) is 0 Å². The number of nitrogens with zero attached hydrogens (tertiary/aromatic N) is 2. The predicted octanol–water partition coefficient (Wildman–Crippen LogP) is 1.87. The molecule has 2 heterocycles. The van der Waals surface area contributed by atoms with Crippen molar-refractivity contribution >= 4 is 0 Å². The van der Waals surface area contributed by atoms with Gasteiger partial charge in [0.15, 0.2) is 0 Å². The van der Waals surface area contributed by atoms with Crippen LogP contribution in [-0.4, -0.2) is 28.0 Å². The molecule has 1 saturated heterocycles.